The van der Waals surface area contributed by atoms with Gasteiger partial charge in [0.15, 0.2) is 5.13 Å². The smallest absolute Gasteiger partial charge is 0.261 e. The minimum absolute atomic E-state index is 0.177. The van der Waals surface area contributed by atoms with Crippen LogP contribution in [0.1, 0.15) is 0 Å². The molecule has 0 aliphatic rings. The molecule has 34 heavy (non-hydrogen) atoms. The lowest BCUT2D eigenvalue weighted by atomic mass is 10.2. The zero-order valence-corrected chi connectivity index (χ0v) is 21.3. The van der Waals surface area contributed by atoms with Crippen LogP contribution in [0.25, 0.3) is 11.3 Å². The number of rotatable bonds is 8. The monoisotopic (exact) mass is 549 g/mol. The van der Waals surface area contributed by atoms with Gasteiger partial charge in [-0.2, -0.15) is 0 Å². The number of sulfonamides is 1. The number of carbonyl (C=O) groups excluding carboxylic acids is 1. The number of thiazole rings is 1. The fourth-order valence-corrected chi connectivity index (χ4v) is 5.67. The van der Waals surface area contributed by atoms with E-state index in [2.05, 4.69) is 15.0 Å². The molecule has 1 aromatic heterocycles. The van der Waals surface area contributed by atoms with Crippen molar-refractivity contribution < 1.29 is 13.2 Å². The van der Waals surface area contributed by atoms with Crippen LogP contribution in [0.5, 0.6) is 0 Å². The van der Waals surface area contributed by atoms with Crippen molar-refractivity contribution in [3.63, 3.8) is 0 Å². The molecule has 0 saturated heterocycles. The highest BCUT2D eigenvalue weighted by Gasteiger charge is 2.14. The molecule has 4 rings (SSSR count). The van der Waals surface area contributed by atoms with E-state index in [0.29, 0.717) is 26.6 Å². The Kier molecular flexibility index (Phi) is 7.80. The van der Waals surface area contributed by atoms with Crippen molar-refractivity contribution in [2.24, 2.45) is 0 Å². The molecule has 2 N–H and O–H groups in total. The molecule has 0 fully saturated rings. The molecule has 0 saturated carbocycles. The van der Waals surface area contributed by atoms with Crippen LogP contribution < -0.4 is 10.0 Å². The summed E-state index contributed by atoms with van der Waals surface area (Å²) in [6, 6.07) is 20.2. The summed E-state index contributed by atoms with van der Waals surface area (Å²) >= 11 is 14.7. The standard InChI is InChI=1S/C23H17Cl2N3O3S3/c24-19-11-6-15(12-20(19)25)21-13-33-23(26-21)27-22(29)14-32-17-9-7-16(8-10-17)28-34(30,31)18-4-2-1-3-5-18/h1-13,28H,14H2,(H,26,27,29). The lowest BCUT2D eigenvalue weighted by Crippen LogP contribution is -2.14. The quantitative estimate of drug-likeness (QED) is 0.240. The number of hydrogen-bond acceptors (Lipinski definition) is 6. The van der Waals surface area contributed by atoms with Gasteiger partial charge in [-0.25, -0.2) is 13.4 Å². The highest BCUT2D eigenvalue weighted by molar-refractivity contribution is 8.00. The zero-order valence-electron chi connectivity index (χ0n) is 17.4. The van der Waals surface area contributed by atoms with Gasteiger partial charge in [0.1, 0.15) is 0 Å². The molecule has 0 atom stereocenters. The molecular weight excluding hydrogens is 533 g/mol. The molecule has 6 nitrogen and oxygen atoms in total. The van der Waals surface area contributed by atoms with Gasteiger partial charge in [-0.15, -0.1) is 23.1 Å². The van der Waals surface area contributed by atoms with E-state index < -0.39 is 10.0 Å². The van der Waals surface area contributed by atoms with Crippen molar-refractivity contribution in [2.45, 2.75) is 9.79 Å². The Morgan fingerprint density at radius 2 is 1.71 bits per heavy atom. The molecule has 11 heteroatoms. The first kappa shape index (κ1) is 24.6. The third kappa shape index (κ3) is 6.31. The Morgan fingerprint density at radius 1 is 0.971 bits per heavy atom. The number of nitrogens with zero attached hydrogens (tertiary/aromatic N) is 1. The first-order chi connectivity index (χ1) is 16.3. The summed E-state index contributed by atoms with van der Waals surface area (Å²) in [6.07, 6.45) is 0. The van der Waals surface area contributed by atoms with Crippen LogP contribution in [0.2, 0.25) is 10.0 Å². The van der Waals surface area contributed by atoms with E-state index in [1.165, 1.54) is 35.2 Å². The number of aromatic nitrogens is 1. The molecule has 4 aromatic rings. The Hall–Kier alpha value is -2.56. The number of amides is 1. The van der Waals surface area contributed by atoms with Crippen LogP contribution in [0.3, 0.4) is 0 Å². The van der Waals surface area contributed by atoms with Crippen molar-refractivity contribution in [1.82, 2.24) is 4.98 Å². The second kappa shape index (κ2) is 10.8. The van der Waals surface area contributed by atoms with E-state index in [9.17, 15) is 13.2 Å². The van der Waals surface area contributed by atoms with Gasteiger partial charge < -0.3 is 5.32 Å². The average Bonchev–Trinajstić information content (AvgIpc) is 3.29. The molecule has 0 aliphatic carbocycles. The maximum Gasteiger partial charge on any atom is 0.261 e. The first-order valence-corrected chi connectivity index (χ1v) is 13.9. The number of thioether (sulfide) groups is 1. The van der Waals surface area contributed by atoms with E-state index in [1.54, 1.807) is 54.6 Å². The zero-order chi connectivity index (χ0) is 24.1. The van der Waals surface area contributed by atoms with Gasteiger partial charge >= 0.3 is 0 Å². The van der Waals surface area contributed by atoms with Crippen LogP contribution in [0.15, 0.2) is 88.0 Å². The number of nitrogens with one attached hydrogen (secondary N) is 2. The molecule has 1 heterocycles. The SMILES string of the molecule is O=C(CSc1ccc(NS(=O)(=O)c2ccccc2)cc1)Nc1nc(-c2ccc(Cl)c(Cl)c2)cs1. The van der Waals surface area contributed by atoms with E-state index in [0.717, 1.165) is 10.5 Å². The summed E-state index contributed by atoms with van der Waals surface area (Å²) in [7, 11) is -3.65. The third-order valence-electron chi connectivity index (χ3n) is 4.50. The molecule has 1 amide bonds. The minimum atomic E-state index is -3.65. The van der Waals surface area contributed by atoms with Gasteiger partial charge in [0, 0.05) is 21.5 Å². The summed E-state index contributed by atoms with van der Waals surface area (Å²) in [5, 5.41) is 6.00. The lowest BCUT2D eigenvalue weighted by Gasteiger charge is -2.09. The molecule has 0 bridgehead atoms. The Bertz CT molecular complexity index is 1410. The molecule has 0 radical (unpaired) electrons. The Balaban J connectivity index is 1.30. The average molecular weight is 551 g/mol. The van der Waals surface area contributed by atoms with Crippen LogP contribution in [-0.4, -0.2) is 25.1 Å². The van der Waals surface area contributed by atoms with Crippen molar-refractivity contribution >= 4 is 73.0 Å². The largest absolute Gasteiger partial charge is 0.301 e. The van der Waals surface area contributed by atoms with E-state index in [1.807, 2.05) is 11.4 Å². The number of halogens is 2. The van der Waals surface area contributed by atoms with E-state index >= 15 is 0 Å². The number of benzene rings is 3. The third-order valence-corrected chi connectivity index (χ3v) is 8.40. The highest BCUT2D eigenvalue weighted by Crippen LogP contribution is 2.30. The molecule has 3 aromatic carbocycles. The summed E-state index contributed by atoms with van der Waals surface area (Å²) in [4.78, 5) is 17.8. The van der Waals surface area contributed by atoms with Crippen LogP contribution in [0, 0.1) is 0 Å². The Morgan fingerprint density at radius 3 is 2.41 bits per heavy atom. The van der Waals surface area contributed by atoms with Gasteiger partial charge in [0.05, 0.1) is 26.4 Å². The maximum atomic E-state index is 12.4. The normalized spacial score (nSPS) is 11.2. The molecule has 0 unspecified atom stereocenters. The predicted octanol–water partition coefficient (Wildman–Crippen LogP) is 6.65. The summed E-state index contributed by atoms with van der Waals surface area (Å²) in [6.45, 7) is 0. The summed E-state index contributed by atoms with van der Waals surface area (Å²) in [5.74, 6) is -0.0227. The predicted molar refractivity (Wildman–Crippen MR) is 141 cm³/mol. The van der Waals surface area contributed by atoms with Gasteiger partial charge in [-0.05, 0) is 48.5 Å². The van der Waals surface area contributed by atoms with Crippen LogP contribution in [-0.2, 0) is 14.8 Å². The summed E-state index contributed by atoms with van der Waals surface area (Å²) in [5.41, 5.74) is 1.94. The molecule has 0 aliphatic heterocycles. The summed E-state index contributed by atoms with van der Waals surface area (Å²) < 4.78 is 27.4. The number of carbonyl (C=O) groups is 1. The highest BCUT2D eigenvalue weighted by atomic mass is 35.5. The molecule has 0 spiro atoms. The van der Waals surface area contributed by atoms with Crippen molar-refractivity contribution in [3.8, 4) is 11.3 Å². The van der Waals surface area contributed by atoms with E-state index in [4.69, 9.17) is 23.2 Å². The maximum absolute atomic E-state index is 12.4. The first-order valence-electron chi connectivity index (χ1n) is 9.82. The number of anilines is 2. The van der Waals surface area contributed by atoms with Gasteiger partial charge in [0.25, 0.3) is 10.0 Å². The van der Waals surface area contributed by atoms with Gasteiger partial charge in [-0.3, -0.25) is 9.52 Å². The van der Waals surface area contributed by atoms with Crippen LogP contribution >= 0.6 is 46.3 Å². The Labute approximate surface area is 215 Å². The topological polar surface area (TPSA) is 88.2 Å². The van der Waals surface area contributed by atoms with Gasteiger partial charge in [-0.1, -0.05) is 47.5 Å². The number of hydrogen-bond donors (Lipinski definition) is 2. The fraction of sp³-hybridized carbons (Fsp3) is 0.0435. The van der Waals surface area contributed by atoms with E-state index in [-0.39, 0.29) is 16.6 Å². The van der Waals surface area contributed by atoms with Gasteiger partial charge in [0.2, 0.25) is 5.91 Å². The second-order valence-corrected chi connectivity index (χ2v) is 11.4. The minimum Gasteiger partial charge on any atom is -0.301 e. The van der Waals surface area contributed by atoms with Crippen LogP contribution in [0.4, 0.5) is 10.8 Å². The molecule has 174 valence electrons. The van der Waals surface area contributed by atoms with Crippen molar-refractivity contribution in [3.05, 3.63) is 88.2 Å². The van der Waals surface area contributed by atoms with Crippen molar-refractivity contribution in [2.75, 3.05) is 15.8 Å². The fourth-order valence-electron chi connectivity index (χ4n) is 2.86. The molecular formula is C23H17Cl2N3O3S3. The van der Waals surface area contributed by atoms with Crippen molar-refractivity contribution in [1.29, 1.82) is 0 Å². The lowest BCUT2D eigenvalue weighted by molar-refractivity contribution is -0.113. The second-order valence-electron chi connectivity index (χ2n) is 6.95.